The lowest BCUT2D eigenvalue weighted by Crippen LogP contribution is -2.39. The molecule has 0 N–H and O–H groups in total. The average molecular weight is 446 g/mol. The summed E-state index contributed by atoms with van der Waals surface area (Å²) in [4.78, 5) is 39.0. The van der Waals surface area contributed by atoms with Crippen LogP contribution in [-0.2, 0) is 9.59 Å². The van der Waals surface area contributed by atoms with Gasteiger partial charge in [-0.3, -0.25) is 24.6 Å². The molecule has 33 heavy (non-hydrogen) atoms. The summed E-state index contributed by atoms with van der Waals surface area (Å²) in [5.41, 5.74) is 1.53. The van der Waals surface area contributed by atoms with E-state index in [1.807, 2.05) is 11.0 Å². The molecule has 0 atom stereocenters. The summed E-state index contributed by atoms with van der Waals surface area (Å²) >= 11 is 0. The molecule has 2 aliphatic rings. The second-order valence-corrected chi connectivity index (χ2v) is 8.05. The van der Waals surface area contributed by atoms with Gasteiger partial charge in [0.2, 0.25) is 0 Å². The van der Waals surface area contributed by atoms with Gasteiger partial charge in [-0.1, -0.05) is 0 Å². The fourth-order valence-electron chi connectivity index (χ4n) is 4.15. The van der Waals surface area contributed by atoms with Crippen LogP contribution in [0.5, 0.6) is 0 Å². The van der Waals surface area contributed by atoms with Gasteiger partial charge >= 0.3 is 0 Å². The fraction of sp³-hybridized carbons (Fsp3) is 0.292. The first-order chi connectivity index (χ1) is 15.8. The number of nitro benzene ring substituents is 1. The molecular formula is C24H22N4O5. The van der Waals surface area contributed by atoms with Crippen molar-refractivity contribution < 1.29 is 18.9 Å². The van der Waals surface area contributed by atoms with E-state index in [0.29, 0.717) is 22.8 Å². The van der Waals surface area contributed by atoms with Crippen LogP contribution >= 0.6 is 0 Å². The van der Waals surface area contributed by atoms with E-state index >= 15 is 0 Å². The minimum absolute atomic E-state index is 0.0192. The summed E-state index contributed by atoms with van der Waals surface area (Å²) in [7, 11) is 1.32. The highest BCUT2D eigenvalue weighted by molar-refractivity contribution is 6.19. The van der Waals surface area contributed by atoms with Crippen molar-refractivity contribution in [2.75, 3.05) is 25.0 Å². The van der Waals surface area contributed by atoms with Crippen molar-refractivity contribution in [2.45, 2.75) is 26.2 Å². The van der Waals surface area contributed by atoms with Crippen LogP contribution in [0.3, 0.4) is 0 Å². The second-order valence-electron chi connectivity index (χ2n) is 8.05. The van der Waals surface area contributed by atoms with Crippen LogP contribution in [0.4, 0.5) is 11.4 Å². The molecule has 1 fully saturated rings. The molecule has 9 nitrogen and oxygen atoms in total. The Labute approximate surface area is 190 Å². The number of imide groups is 1. The maximum atomic E-state index is 12.6. The number of anilines is 1. The molecule has 1 saturated heterocycles. The average Bonchev–Trinajstić information content (AvgIpc) is 3.30. The van der Waals surface area contributed by atoms with E-state index in [9.17, 15) is 25.0 Å². The summed E-state index contributed by atoms with van der Waals surface area (Å²) < 4.78 is 5.85. The van der Waals surface area contributed by atoms with Crippen molar-refractivity contribution in [1.29, 1.82) is 5.26 Å². The van der Waals surface area contributed by atoms with Crippen LogP contribution in [0.25, 0.3) is 17.4 Å². The van der Waals surface area contributed by atoms with Gasteiger partial charge in [0, 0.05) is 37.3 Å². The van der Waals surface area contributed by atoms with Gasteiger partial charge in [0.1, 0.15) is 28.9 Å². The summed E-state index contributed by atoms with van der Waals surface area (Å²) in [6.45, 7) is 3.13. The molecule has 2 aliphatic heterocycles. The quantitative estimate of drug-likeness (QED) is 0.300. The lowest BCUT2D eigenvalue weighted by Gasteiger charge is -2.28. The Morgan fingerprint density at radius 3 is 2.52 bits per heavy atom. The van der Waals surface area contributed by atoms with Crippen molar-refractivity contribution in [1.82, 2.24) is 4.90 Å². The highest BCUT2D eigenvalue weighted by Crippen LogP contribution is 2.35. The Bertz CT molecular complexity index is 1260. The smallest absolute Gasteiger partial charge is 0.293 e. The number of carbonyl (C=O) groups is 2. The van der Waals surface area contributed by atoms with Crippen LogP contribution in [-0.4, -0.2) is 41.8 Å². The van der Waals surface area contributed by atoms with Gasteiger partial charge in [-0.25, -0.2) is 0 Å². The summed E-state index contributed by atoms with van der Waals surface area (Å²) in [5.74, 6) is -0.435. The van der Waals surface area contributed by atoms with Crippen LogP contribution in [0, 0.1) is 21.4 Å². The molecule has 1 aromatic carbocycles. The monoisotopic (exact) mass is 446 g/mol. The molecular weight excluding hydrogens is 424 g/mol. The van der Waals surface area contributed by atoms with Crippen molar-refractivity contribution in [3.63, 3.8) is 0 Å². The highest BCUT2D eigenvalue weighted by Gasteiger charge is 2.33. The molecule has 0 spiro atoms. The van der Waals surface area contributed by atoms with E-state index in [2.05, 4.69) is 0 Å². The predicted octanol–water partition coefficient (Wildman–Crippen LogP) is 4.07. The molecule has 2 aromatic rings. The van der Waals surface area contributed by atoms with Crippen LogP contribution in [0.15, 0.2) is 51.5 Å². The van der Waals surface area contributed by atoms with Crippen LogP contribution in [0.1, 0.15) is 31.9 Å². The summed E-state index contributed by atoms with van der Waals surface area (Å²) in [6, 6.07) is 10.2. The van der Waals surface area contributed by atoms with E-state index in [4.69, 9.17) is 4.42 Å². The fourth-order valence-corrected chi connectivity index (χ4v) is 4.15. The van der Waals surface area contributed by atoms with E-state index in [-0.39, 0.29) is 27.3 Å². The molecule has 9 heteroatoms. The predicted molar refractivity (Wildman–Crippen MR) is 121 cm³/mol. The third-order valence-electron chi connectivity index (χ3n) is 6.01. The van der Waals surface area contributed by atoms with Crippen LogP contribution in [0.2, 0.25) is 0 Å². The number of carbonyl (C=O) groups excluding carboxylic acids is 2. The minimum Gasteiger partial charge on any atom is -0.457 e. The zero-order valence-electron chi connectivity index (χ0n) is 18.3. The highest BCUT2D eigenvalue weighted by atomic mass is 16.6. The number of nitrogens with zero attached hydrogens (tertiary/aromatic N) is 4. The standard InChI is InChI=1S/C24H22N4O5/c1-15-18(23(29)26(2)24(30)19(15)14-25)13-17-7-9-22(33-17)16-6-8-20(21(12-16)28(31)32)27-10-4-3-5-11-27/h6-9,12-13H,3-5,10-11H2,1-2H3/b18-13+. The number of amides is 2. The number of likely N-dealkylation sites (N-methyl/N-ethyl adjacent to an activating group) is 1. The molecule has 0 aliphatic carbocycles. The molecule has 0 unspecified atom stereocenters. The van der Waals surface area contributed by atoms with E-state index < -0.39 is 11.8 Å². The molecule has 1 aromatic heterocycles. The number of nitriles is 1. The van der Waals surface area contributed by atoms with Crippen molar-refractivity contribution in [2.24, 2.45) is 0 Å². The van der Waals surface area contributed by atoms with E-state index in [1.165, 1.54) is 19.2 Å². The Hall–Kier alpha value is -4.19. The van der Waals surface area contributed by atoms with Gasteiger partial charge in [-0.2, -0.15) is 5.26 Å². The van der Waals surface area contributed by atoms with Gasteiger partial charge in [-0.05, 0) is 62.1 Å². The number of hydrogen-bond donors (Lipinski definition) is 0. The third kappa shape index (κ3) is 4.03. The number of benzene rings is 1. The Balaban J connectivity index is 1.69. The first-order valence-electron chi connectivity index (χ1n) is 10.6. The Morgan fingerprint density at radius 2 is 1.85 bits per heavy atom. The maximum Gasteiger partial charge on any atom is 0.293 e. The largest absolute Gasteiger partial charge is 0.457 e. The topological polar surface area (TPSA) is 121 Å². The molecule has 0 saturated carbocycles. The van der Waals surface area contributed by atoms with Crippen molar-refractivity contribution in [3.05, 3.63) is 62.9 Å². The number of hydrogen-bond acceptors (Lipinski definition) is 7. The van der Waals surface area contributed by atoms with E-state index in [1.54, 1.807) is 31.2 Å². The molecule has 4 rings (SSSR count). The number of rotatable bonds is 4. The summed E-state index contributed by atoms with van der Waals surface area (Å²) in [6.07, 6.45) is 4.62. The van der Waals surface area contributed by atoms with Gasteiger partial charge in [0.25, 0.3) is 17.5 Å². The number of piperidine rings is 1. The minimum atomic E-state index is -0.640. The van der Waals surface area contributed by atoms with Gasteiger partial charge in [-0.15, -0.1) is 0 Å². The SMILES string of the molecule is CC1=C(C#N)C(=O)N(C)C(=O)/C1=C/c1ccc(-c2ccc(N3CCCCC3)c([N+](=O)[O-])c2)o1. The first kappa shape index (κ1) is 22.0. The lowest BCUT2D eigenvalue weighted by atomic mass is 9.95. The summed E-state index contributed by atoms with van der Waals surface area (Å²) in [5, 5.41) is 21.0. The zero-order chi connectivity index (χ0) is 23.7. The normalized spacial score (nSPS) is 18.2. The zero-order valence-corrected chi connectivity index (χ0v) is 18.3. The van der Waals surface area contributed by atoms with Crippen molar-refractivity contribution in [3.8, 4) is 17.4 Å². The third-order valence-corrected chi connectivity index (χ3v) is 6.01. The van der Waals surface area contributed by atoms with E-state index in [0.717, 1.165) is 37.3 Å². The number of nitro groups is 1. The van der Waals surface area contributed by atoms with Crippen molar-refractivity contribution >= 4 is 29.3 Å². The maximum absolute atomic E-state index is 12.6. The molecule has 2 amide bonds. The Morgan fingerprint density at radius 1 is 1.12 bits per heavy atom. The number of furan rings is 1. The second kappa shape index (κ2) is 8.74. The molecule has 0 bridgehead atoms. The van der Waals surface area contributed by atoms with Gasteiger partial charge < -0.3 is 9.32 Å². The molecule has 168 valence electrons. The van der Waals surface area contributed by atoms with Gasteiger partial charge in [0.15, 0.2) is 0 Å². The molecule has 3 heterocycles. The van der Waals surface area contributed by atoms with Gasteiger partial charge in [0.05, 0.1) is 4.92 Å². The Kier molecular flexibility index (Phi) is 5.84. The lowest BCUT2D eigenvalue weighted by molar-refractivity contribution is -0.384. The molecule has 0 radical (unpaired) electrons. The first-order valence-corrected chi connectivity index (χ1v) is 10.6. The van der Waals surface area contributed by atoms with Crippen LogP contribution < -0.4 is 4.90 Å².